The van der Waals surface area contributed by atoms with Crippen LogP contribution in [0.3, 0.4) is 0 Å². The Kier molecular flexibility index (Phi) is 4.46. The second kappa shape index (κ2) is 5.52. The number of aliphatic hydroxyl groups excluding tert-OH is 1. The fourth-order valence-corrected chi connectivity index (χ4v) is 3.27. The molecule has 0 saturated heterocycles. The minimum absolute atomic E-state index is 0.187. The minimum atomic E-state index is -0.986. The molecule has 1 aromatic carbocycles. The standard InChI is InChI=1S/C11H6BrClFIOS/c12-7-3-9(14)6(2-8(7)13)11(16)5-1-10(15)17-4-5/h1-4,11,16H. The zero-order valence-corrected chi connectivity index (χ0v) is 13.6. The first kappa shape index (κ1) is 13.7. The lowest BCUT2D eigenvalue weighted by atomic mass is 10.0. The van der Waals surface area contributed by atoms with Gasteiger partial charge >= 0.3 is 0 Å². The fourth-order valence-electron chi connectivity index (χ4n) is 1.39. The van der Waals surface area contributed by atoms with Gasteiger partial charge in [-0.1, -0.05) is 11.6 Å². The Morgan fingerprint density at radius 1 is 1.41 bits per heavy atom. The largest absolute Gasteiger partial charge is 0.384 e. The number of thiophene rings is 1. The molecule has 1 atom stereocenters. The molecule has 1 nitrogen and oxygen atoms in total. The molecule has 0 aliphatic heterocycles. The maximum Gasteiger partial charge on any atom is 0.130 e. The first-order valence-corrected chi connectivity index (χ1v) is 7.68. The molecule has 90 valence electrons. The topological polar surface area (TPSA) is 20.2 Å². The van der Waals surface area contributed by atoms with Crippen LogP contribution >= 0.6 is 61.5 Å². The maximum atomic E-state index is 13.7. The van der Waals surface area contributed by atoms with E-state index in [2.05, 4.69) is 38.5 Å². The Balaban J connectivity index is 2.43. The molecule has 0 bridgehead atoms. The van der Waals surface area contributed by atoms with Crippen LogP contribution in [0.4, 0.5) is 4.39 Å². The van der Waals surface area contributed by atoms with E-state index in [9.17, 15) is 9.50 Å². The van der Waals surface area contributed by atoms with Crippen LogP contribution in [0.15, 0.2) is 28.1 Å². The number of benzene rings is 1. The van der Waals surface area contributed by atoms with Gasteiger partial charge in [0, 0.05) is 10.0 Å². The molecule has 0 saturated carbocycles. The van der Waals surface area contributed by atoms with Gasteiger partial charge in [0.05, 0.1) is 7.91 Å². The first-order chi connectivity index (χ1) is 7.99. The van der Waals surface area contributed by atoms with Crippen molar-refractivity contribution in [3.8, 4) is 0 Å². The average Bonchev–Trinajstić information content (AvgIpc) is 2.69. The summed E-state index contributed by atoms with van der Waals surface area (Å²) in [5.41, 5.74) is 0.865. The van der Waals surface area contributed by atoms with Crippen LogP contribution in [0.5, 0.6) is 0 Å². The van der Waals surface area contributed by atoms with Crippen LogP contribution in [0.2, 0.25) is 5.02 Å². The second-order valence-corrected chi connectivity index (χ2v) is 7.44. The lowest BCUT2D eigenvalue weighted by Crippen LogP contribution is -2.01. The van der Waals surface area contributed by atoms with Gasteiger partial charge in [0.2, 0.25) is 0 Å². The third-order valence-electron chi connectivity index (χ3n) is 2.24. The molecule has 0 radical (unpaired) electrons. The van der Waals surface area contributed by atoms with E-state index in [1.54, 1.807) is 0 Å². The van der Waals surface area contributed by atoms with Crippen molar-refractivity contribution < 1.29 is 9.50 Å². The number of halogens is 4. The van der Waals surface area contributed by atoms with E-state index in [0.29, 0.717) is 15.1 Å². The van der Waals surface area contributed by atoms with Gasteiger partial charge in [0.15, 0.2) is 0 Å². The maximum absolute atomic E-state index is 13.7. The second-order valence-electron chi connectivity index (χ2n) is 3.37. The lowest BCUT2D eigenvalue weighted by Gasteiger charge is -2.11. The van der Waals surface area contributed by atoms with Crippen LogP contribution in [-0.2, 0) is 0 Å². The first-order valence-electron chi connectivity index (χ1n) is 4.55. The van der Waals surface area contributed by atoms with Crippen molar-refractivity contribution in [2.24, 2.45) is 0 Å². The molecule has 0 aliphatic carbocycles. The van der Waals surface area contributed by atoms with Gasteiger partial charge in [-0.05, 0) is 67.7 Å². The molecule has 0 spiro atoms. The van der Waals surface area contributed by atoms with E-state index in [1.165, 1.54) is 23.5 Å². The van der Waals surface area contributed by atoms with Gasteiger partial charge in [0.25, 0.3) is 0 Å². The summed E-state index contributed by atoms with van der Waals surface area (Å²) in [6.45, 7) is 0. The van der Waals surface area contributed by atoms with Crippen LogP contribution in [-0.4, -0.2) is 5.11 Å². The SMILES string of the molecule is OC(c1csc(I)c1)c1cc(Cl)c(Br)cc1F. The zero-order chi connectivity index (χ0) is 12.6. The summed E-state index contributed by atoms with van der Waals surface area (Å²) in [4.78, 5) is 0. The predicted molar refractivity (Wildman–Crippen MR) is 80.2 cm³/mol. The quantitative estimate of drug-likeness (QED) is 0.508. The van der Waals surface area contributed by atoms with E-state index in [0.717, 1.165) is 2.88 Å². The Morgan fingerprint density at radius 2 is 2.12 bits per heavy atom. The summed E-state index contributed by atoms with van der Waals surface area (Å²) in [6.07, 6.45) is -0.986. The van der Waals surface area contributed by atoms with Crippen LogP contribution in [0, 0.1) is 8.70 Å². The van der Waals surface area contributed by atoms with Crippen LogP contribution < -0.4 is 0 Å². The average molecular weight is 447 g/mol. The molecule has 2 rings (SSSR count). The summed E-state index contributed by atoms with van der Waals surface area (Å²) in [7, 11) is 0. The molecular formula is C11H6BrClFIOS. The van der Waals surface area contributed by atoms with Gasteiger partial charge in [0.1, 0.15) is 11.9 Å². The molecule has 6 heteroatoms. The van der Waals surface area contributed by atoms with E-state index < -0.39 is 11.9 Å². The highest BCUT2D eigenvalue weighted by Crippen LogP contribution is 2.33. The van der Waals surface area contributed by atoms with E-state index >= 15 is 0 Å². The summed E-state index contributed by atoms with van der Waals surface area (Å²) >= 11 is 12.7. The molecule has 1 N–H and O–H groups in total. The highest BCUT2D eigenvalue weighted by atomic mass is 127. The molecule has 2 aromatic rings. The van der Waals surface area contributed by atoms with E-state index in [4.69, 9.17) is 11.6 Å². The normalized spacial score (nSPS) is 12.8. The third kappa shape index (κ3) is 3.01. The van der Waals surface area contributed by atoms with Crippen molar-refractivity contribution in [3.63, 3.8) is 0 Å². The molecule has 0 amide bonds. The van der Waals surface area contributed by atoms with Crippen molar-refractivity contribution in [1.29, 1.82) is 0 Å². The zero-order valence-electron chi connectivity index (χ0n) is 8.25. The molecule has 1 unspecified atom stereocenters. The van der Waals surface area contributed by atoms with Crippen molar-refractivity contribution in [1.82, 2.24) is 0 Å². The van der Waals surface area contributed by atoms with Gasteiger partial charge < -0.3 is 5.11 Å². The fraction of sp³-hybridized carbons (Fsp3) is 0.0909. The number of rotatable bonds is 2. The third-order valence-corrected chi connectivity index (χ3v) is 5.24. The Morgan fingerprint density at radius 3 is 2.71 bits per heavy atom. The lowest BCUT2D eigenvalue weighted by molar-refractivity contribution is 0.215. The highest BCUT2D eigenvalue weighted by molar-refractivity contribution is 14.1. The molecule has 0 fully saturated rings. The van der Waals surface area contributed by atoms with Gasteiger partial charge in [-0.3, -0.25) is 0 Å². The Bertz CT molecular complexity index is 560. The van der Waals surface area contributed by atoms with E-state index in [-0.39, 0.29) is 5.56 Å². The van der Waals surface area contributed by atoms with Gasteiger partial charge in [-0.2, -0.15) is 0 Å². The van der Waals surface area contributed by atoms with Crippen LogP contribution in [0.1, 0.15) is 17.2 Å². The van der Waals surface area contributed by atoms with Crippen molar-refractivity contribution >= 4 is 61.5 Å². The van der Waals surface area contributed by atoms with Crippen molar-refractivity contribution in [2.75, 3.05) is 0 Å². The molecule has 1 heterocycles. The predicted octanol–water partition coefficient (Wildman–Crippen LogP) is 4.99. The molecule has 17 heavy (non-hydrogen) atoms. The monoisotopic (exact) mass is 446 g/mol. The molecule has 1 aromatic heterocycles. The summed E-state index contributed by atoms with van der Waals surface area (Å²) in [5, 5.41) is 12.3. The Hall–Kier alpha value is 0.310. The summed E-state index contributed by atoms with van der Waals surface area (Å²) in [5.74, 6) is -0.477. The molecule has 0 aliphatic rings. The highest BCUT2D eigenvalue weighted by Gasteiger charge is 2.18. The van der Waals surface area contributed by atoms with Gasteiger partial charge in [-0.15, -0.1) is 11.3 Å². The van der Waals surface area contributed by atoms with E-state index in [1.807, 2.05) is 11.4 Å². The smallest absolute Gasteiger partial charge is 0.130 e. The number of hydrogen-bond donors (Lipinski definition) is 1. The van der Waals surface area contributed by atoms with Crippen molar-refractivity contribution in [3.05, 3.63) is 52.9 Å². The minimum Gasteiger partial charge on any atom is -0.384 e. The summed E-state index contributed by atoms with van der Waals surface area (Å²) in [6, 6.07) is 4.53. The van der Waals surface area contributed by atoms with Crippen LogP contribution in [0.25, 0.3) is 0 Å². The van der Waals surface area contributed by atoms with Gasteiger partial charge in [-0.25, -0.2) is 4.39 Å². The Labute approximate surface area is 129 Å². The molecular weight excluding hydrogens is 441 g/mol. The number of hydrogen-bond acceptors (Lipinski definition) is 2. The summed E-state index contributed by atoms with van der Waals surface area (Å²) < 4.78 is 15.2. The number of aliphatic hydroxyl groups is 1. The van der Waals surface area contributed by atoms with Crippen molar-refractivity contribution in [2.45, 2.75) is 6.10 Å².